The summed E-state index contributed by atoms with van der Waals surface area (Å²) in [5.41, 5.74) is 25.4. The fourth-order valence-electron chi connectivity index (χ4n) is 10.9. The summed E-state index contributed by atoms with van der Waals surface area (Å²) in [5, 5.41) is 0. The van der Waals surface area contributed by atoms with Crippen molar-refractivity contribution in [2.24, 2.45) is 0 Å². The van der Waals surface area contributed by atoms with Gasteiger partial charge < -0.3 is 0 Å². The molecule has 0 radical (unpaired) electrons. The second-order valence-electron chi connectivity index (χ2n) is 24.0. The number of hydrogen-bond acceptors (Lipinski definition) is 10. The van der Waals surface area contributed by atoms with E-state index in [0.717, 1.165) is 124 Å². The van der Waals surface area contributed by atoms with E-state index in [4.69, 9.17) is 4.98 Å². The number of benzene rings is 8. The smallest absolute Gasteiger partial charge is 0.160 e. The molecule has 16 aromatic rings. The van der Waals surface area contributed by atoms with Crippen LogP contribution in [0.15, 0.2) is 365 Å². The predicted octanol–water partition coefficient (Wildman–Crippen LogP) is 22.6. The minimum Gasteiger partial charge on any atom is -0.264 e. The minimum absolute atomic E-state index is 0.777. The highest BCUT2D eigenvalue weighted by atomic mass is 14.9. The van der Waals surface area contributed by atoms with Gasteiger partial charge in [0, 0.05) is 75.1 Å². The summed E-state index contributed by atoms with van der Waals surface area (Å²) in [4.78, 5) is 44.8. The van der Waals surface area contributed by atoms with Gasteiger partial charge in [-0.2, -0.15) is 0 Å². The summed E-state index contributed by atoms with van der Waals surface area (Å²) in [7, 11) is 0. The predicted molar refractivity (Wildman–Crippen MR) is 419 cm³/mol. The van der Waals surface area contributed by atoms with Gasteiger partial charge in [-0.1, -0.05) is 261 Å². The van der Waals surface area contributed by atoms with Crippen LogP contribution in [0.3, 0.4) is 0 Å². The molecule has 0 saturated heterocycles. The molecule has 496 valence electrons. The summed E-state index contributed by atoms with van der Waals surface area (Å²) in [5.74, 6) is 1.57. The topological polar surface area (TPSA) is 129 Å². The molecule has 0 amide bonds. The Morgan fingerprint density at radius 2 is 0.520 bits per heavy atom. The molecule has 102 heavy (non-hydrogen) atoms. The maximum Gasteiger partial charge on any atom is 0.160 e. The molecule has 0 aliphatic heterocycles. The van der Waals surface area contributed by atoms with Gasteiger partial charge in [0.25, 0.3) is 0 Å². The van der Waals surface area contributed by atoms with E-state index in [9.17, 15) is 0 Å². The second-order valence-corrected chi connectivity index (χ2v) is 24.0. The van der Waals surface area contributed by atoms with Crippen LogP contribution in [0.5, 0.6) is 0 Å². The molecule has 0 aliphatic carbocycles. The maximum absolute atomic E-state index is 4.77. The Morgan fingerprint density at radius 1 is 0.186 bits per heavy atom. The van der Waals surface area contributed by atoms with Gasteiger partial charge in [-0.25, -0.2) is 29.9 Å². The van der Waals surface area contributed by atoms with E-state index in [0.29, 0.717) is 0 Å². The van der Waals surface area contributed by atoms with E-state index in [1.165, 1.54) is 22.3 Å². The van der Waals surface area contributed by atoms with Crippen LogP contribution < -0.4 is 0 Å². The second kappa shape index (κ2) is 36.4. The lowest BCUT2D eigenvalue weighted by atomic mass is 10.0. The van der Waals surface area contributed by atoms with Crippen LogP contribution in [0, 0.1) is 41.5 Å². The number of aromatic nitrogens is 10. The standard InChI is InChI=1S/2C18H15N.2C17H14N2.C16H13N3.C6H7N/c1-14-12-17(15-8-4-2-5-9-15)13-18(19-14)16-10-6-3-7-11-16;1-14-12-17(15-8-4-2-5-9-15)19-18(13-14)16-10-6-3-7-11-16;1-13-18-16(14-8-4-2-5-9-14)12-17(19-13)15-10-6-3-7-11-15;1-13-12-16(14-8-4-2-5-9-14)19-17(18-13)15-10-6-3-7-11-15;1-12-10-15(13-6-2-4-8-17-13)19-16(11-12)14-7-3-5-9-18-14;1-6-3-2-4-7-5-6/h2*2-13H,1H3;2*2-12H,1H3;2-11H,1H3;2-5H,1H3. The number of pyridine rings is 6. The first-order valence-corrected chi connectivity index (χ1v) is 33.8. The Morgan fingerprint density at radius 3 is 0.882 bits per heavy atom. The van der Waals surface area contributed by atoms with Crippen LogP contribution in [-0.4, -0.2) is 49.8 Å². The van der Waals surface area contributed by atoms with Gasteiger partial charge in [-0.05, 0) is 148 Å². The summed E-state index contributed by atoms with van der Waals surface area (Å²) in [6, 6.07) is 114. The van der Waals surface area contributed by atoms with Crippen molar-refractivity contribution in [2.45, 2.75) is 41.5 Å². The third-order valence-corrected chi connectivity index (χ3v) is 15.8. The van der Waals surface area contributed by atoms with E-state index >= 15 is 0 Å². The van der Waals surface area contributed by atoms with Crippen molar-refractivity contribution in [1.82, 2.24) is 49.8 Å². The summed E-state index contributed by atoms with van der Waals surface area (Å²) in [6.45, 7) is 12.2. The minimum atomic E-state index is 0.777. The Balaban J connectivity index is 0.000000125. The summed E-state index contributed by atoms with van der Waals surface area (Å²) < 4.78 is 0. The fraction of sp³-hybridized carbons (Fsp3) is 0.0652. The molecule has 0 fully saturated rings. The molecule has 0 spiro atoms. The average molecular weight is 1320 g/mol. The summed E-state index contributed by atoms with van der Waals surface area (Å²) >= 11 is 0. The van der Waals surface area contributed by atoms with Gasteiger partial charge in [-0.15, -0.1) is 0 Å². The highest BCUT2D eigenvalue weighted by Crippen LogP contribution is 2.29. The van der Waals surface area contributed by atoms with Crippen molar-refractivity contribution in [3.63, 3.8) is 0 Å². The van der Waals surface area contributed by atoms with Gasteiger partial charge >= 0.3 is 0 Å². The van der Waals surface area contributed by atoms with Crippen molar-refractivity contribution in [1.29, 1.82) is 0 Å². The molecule has 8 heterocycles. The van der Waals surface area contributed by atoms with Gasteiger partial charge in [0.1, 0.15) is 5.82 Å². The zero-order valence-electron chi connectivity index (χ0n) is 58.1. The first-order chi connectivity index (χ1) is 50.0. The summed E-state index contributed by atoms with van der Waals surface area (Å²) in [6.07, 6.45) is 7.16. The molecule has 0 saturated carbocycles. The van der Waals surface area contributed by atoms with Crippen LogP contribution in [0.4, 0.5) is 0 Å². The average Bonchev–Trinajstić information content (AvgIpc) is 0.856. The first kappa shape index (κ1) is 70.1. The molecule has 0 atom stereocenters. The normalized spacial score (nSPS) is 10.3. The lowest BCUT2D eigenvalue weighted by molar-refractivity contribution is 1.06. The van der Waals surface area contributed by atoms with Crippen molar-refractivity contribution in [3.05, 3.63) is 398 Å². The quantitative estimate of drug-likeness (QED) is 0.130. The Hall–Kier alpha value is -13.2. The molecule has 8 aromatic heterocycles. The van der Waals surface area contributed by atoms with Gasteiger partial charge in [0.15, 0.2) is 5.82 Å². The lowest BCUT2D eigenvalue weighted by Gasteiger charge is -2.07. The Kier molecular flexibility index (Phi) is 25.0. The van der Waals surface area contributed by atoms with Crippen LogP contribution in [0.2, 0.25) is 0 Å². The van der Waals surface area contributed by atoms with Gasteiger partial charge in [-0.3, -0.25) is 19.9 Å². The zero-order valence-corrected chi connectivity index (χ0v) is 58.1. The van der Waals surface area contributed by atoms with Crippen LogP contribution in [-0.2, 0) is 0 Å². The van der Waals surface area contributed by atoms with Crippen molar-refractivity contribution >= 4 is 0 Å². The highest BCUT2D eigenvalue weighted by Gasteiger charge is 2.11. The van der Waals surface area contributed by atoms with E-state index in [1.807, 2.05) is 252 Å². The largest absolute Gasteiger partial charge is 0.264 e. The number of aryl methyl sites for hydroxylation is 6. The molecule has 0 bridgehead atoms. The highest BCUT2D eigenvalue weighted by molar-refractivity contribution is 5.73. The first-order valence-electron chi connectivity index (χ1n) is 33.8. The monoisotopic (exact) mass is 1320 g/mol. The van der Waals surface area contributed by atoms with Gasteiger partial charge in [0.05, 0.1) is 56.9 Å². The van der Waals surface area contributed by atoms with Crippen LogP contribution in [0.25, 0.3) is 113 Å². The number of hydrogen-bond donors (Lipinski definition) is 0. The molecule has 10 heteroatoms. The SMILES string of the molecule is Cc1cc(-c2ccccc2)cc(-c2ccccc2)n1.Cc1cc(-c2ccccc2)nc(-c2ccccc2)c1.Cc1cc(-c2ccccc2)nc(-c2ccccc2)n1.Cc1cc(-c2ccccn2)nc(-c2ccccn2)c1.Cc1cccnc1.Cc1nc(-c2ccccc2)cc(-c2ccccc2)n1. The van der Waals surface area contributed by atoms with E-state index < -0.39 is 0 Å². The Labute approximate surface area is 599 Å². The molecule has 0 unspecified atom stereocenters. The molecule has 8 aromatic carbocycles. The molecule has 16 rings (SSSR count). The zero-order chi connectivity index (χ0) is 70.5. The van der Waals surface area contributed by atoms with E-state index in [-0.39, 0.29) is 0 Å². The molecule has 0 N–H and O–H groups in total. The van der Waals surface area contributed by atoms with Crippen LogP contribution >= 0.6 is 0 Å². The fourth-order valence-corrected chi connectivity index (χ4v) is 10.9. The van der Waals surface area contributed by atoms with E-state index in [2.05, 4.69) is 180 Å². The third-order valence-electron chi connectivity index (χ3n) is 15.8. The number of rotatable bonds is 10. The van der Waals surface area contributed by atoms with Crippen LogP contribution in [0.1, 0.15) is 33.9 Å². The van der Waals surface area contributed by atoms with Crippen molar-refractivity contribution in [2.75, 3.05) is 0 Å². The van der Waals surface area contributed by atoms with Crippen molar-refractivity contribution < 1.29 is 0 Å². The third kappa shape index (κ3) is 20.9. The van der Waals surface area contributed by atoms with Gasteiger partial charge in [0.2, 0.25) is 0 Å². The Bertz CT molecular complexity index is 4150. The molecule has 0 aliphatic rings. The maximum atomic E-state index is 4.77. The number of nitrogens with zero attached hydrogens (tertiary/aromatic N) is 10. The molecular weight excluding hydrogens is 1250 g/mol. The van der Waals surface area contributed by atoms with Crippen molar-refractivity contribution in [3.8, 4) is 113 Å². The van der Waals surface area contributed by atoms with E-state index in [1.54, 1.807) is 18.6 Å². The molecular formula is C92H78N10. The molecule has 10 nitrogen and oxygen atoms in total. The lowest BCUT2D eigenvalue weighted by Crippen LogP contribution is -1.94.